The van der Waals surface area contributed by atoms with Crippen molar-refractivity contribution in [2.24, 2.45) is 4.99 Å². The third-order valence-electron chi connectivity index (χ3n) is 4.69. The lowest BCUT2D eigenvalue weighted by atomic mass is 10.0. The fourth-order valence-electron chi connectivity index (χ4n) is 3.13. The molecule has 5 N–H and O–H groups in total. The molecule has 0 heterocycles. The molecule has 0 aromatic heterocycles. The van der Waals surface area contributed by atoms with E-state index in [1.165, 1.54) is 36.4 Å². The zero-order valence-electron chi connectivity index (χ0n) is 17.2. The molecule has 0 saturated heterocycles. The Bertz CT molecular complexity index is 1320. The van der Waals surface area contributed by atoms with Crippen LogP contribution >= 0.6 is 0 Å². The van der Waals surface area contributed by atoms with Crippen LogP contribution in [0.15, 0.2) is 83.1 Å². The van der Waals surface area contributed by atoms with E-state index in [0.29, 0.717) is 0 Å². The van der Waals surface area contributed by atoms with E-state index in [1.807, 2.05) is 0 Å². The molecular formula is C24H16F3N3O4. The lowest BCUT2D eigenvalue weighted by Crippen LogP contribution is -2.24. The smallest absolute Gasteiger partial charge is 0.182 e. The third-order valence-corrected chi connectivity index (χ3v) is 4.69. The van der Waals surface area contributed by atoms with E-state index < -0.39 is 23.2 Å². The fourth-order valence-corrected chi connectivity index (χ4v) is 3.13. The van der Waals surface area contributed by atoms with Gasteiger partial charge in [0.2, 0.25) is 0 Å². The molecule has 0 atom stereocenters. The molecule has 34 heavy (non-hydrogen) atoms. The summed E-state index contributed by atoms with van der Waals surface area (Å²) in [5.41, 5.74) is -0.637. The van der Waals surface area contributed by atoms with Gasteiger partial charge in [-0.1, -0.05) is 0 Å². The Morgan fingerprint density at radius 3 is 1.53 bits per heavy atom. The molecular weight excluding hydrogens is 451 g/mol. The van der Waals surface area contributed by atoms with E-state index in [2.05, 4.69) is 15.6 Å². The van der Waals surface area contributed by atoms with Gasteiger partial charge in [-0.2, -0.15) is 0 Å². The van der Waals surface area contributed by atoms with Gasteiger partial charge >= 0.3 is 0 Å². The van der Waals surface area contributed by atoms with Crippen LogP contribution in [0.25, 0.3) is 0 Å². The Labute approximate surface area is 190 Å². The van der Waals surface area contributed by atoms with E-state index in [4.69, 9.17) is 0 Å². The minimum absolute atomic E-state index is 0.0498. The van der Waals surface area contributed by atoms with E-state index in [-0.39, 0.29) is 51.4 Å². The number of benzene rings is 3. The second kappa shape index (κ2) is 9.02. The molecule has 0 radical (unpaired) electrons. The molecule has 0 unspecified atom stereocenters. The van der Waals surface area contributed by atoms with E-state index in [1.54, 1.807) is 0 Å². The van der Waals surface area contributed by atoms with E-state index >= 15 is 0 Å². The first kappa shape index (κ1) is 22.5. The van der Waals surface area contributed by atoms with Crippen LogP contribution in [0.4, 0.5) is 30.2 Å². The minimum Gasteiger partial charge on any atom is -0.508 e. The number of halogens is 3. The van der Waals surface area contributed by atoms with Gasteiger partial charge in [-0.25, -0.2) is 18.2 Å². The predicted octanol–water partition coefficient (Wildman–Crippen LogP) is 4.87. The summed E-state index contributed by atoms with van der Waals surface area (Å²) in [6, 6.07) is 9.80. The van der Waals surface area contributed by atoms with Crippen molar-refractivity contribution in [3.05, 3.63) is 95.6 Å². The number of carbonyl (C=O) groups excluding carboxylic acids is 1. The zero-order chi connectivity index (χ0) is 24.4. The minimum atomic E-state index is -0.880. The highest BCUT2D eigenvalue weighted by Crippen LogP contribution is 2.29. The predicted molar refractivity (Wildman–Crippen MR) is 120 cm³/mol. The third kappa shape index (κ3) is 4.85. The molecule has 0 amide bonds. The van der Waals surface area contributed by atoms with Crippen molar-refractivity contribution in [3.8, 4) is 17.2 Å². The number of phenolic OH excluding ortho intramolecular Hbond substituents is 3. The molecule has 172 valence electrons. The lowest BCUT2D eigenvalue weighted by molar-refractivity contribution is -0.110. The number of anilines is 2. The summed E-state index contributed by atoms with van der Waals surface area (Å²) < 4.78 is 43.1. The number of phenols is 3. The number of aliphatic imine (C=N–C) groups is 1. The van der Waals surface area contributed by atoms with E-state index in [0.717, 1.165) is 30.4 Å². The summed E-state index contributed by atoms with van der Waals surface area (Å²) in [5, 5.41) is 33.7. The van der Waals surface area contributed by atoms with Crippen molar-refractivity contribution < 1.29 is 33.3 Å². The summed E-state index contributed by atoms with van der Waals surface area (Å²) in [5.74, 6) is -4.08. The molecule has 0 spiro atoms. The van der Waals surface area contributed by atoms with Gasteiger partial charge in [0.25, 0.3) is 0 Å². The van der Waals surface area contributed by atoms with E-state index in [9.17, 15) is 33.3 Å². The van der Waals surface area contributed by atoms with Gasteiger partial charge in [-0.05, 0) is 36.4 Å². The van der Waals surface area contributed by atoms with Gasteiger partial charge in [0, 0.05) is 30.4 Å². The lowest BCUT2D eigenvalue weighted by Gasteiger charge is -2.21. The number of nitrogens with one attached hydrogen (secondary N) is 2. The fraction of sp³-hybridized carbons (Fsp3) is 0. The summed E-state index contributed by atoms with van der Waals surface area (Å²) in [6.07, 6.45) is 2.17. The zero-order valence-corrected chi connectivity index (χ0v) is 17.2. The van der Waals surface area contributed by atoms with Crippen LogP contribution in [0.1, 0.15) is 0 Å². The number of ketones is 1. The molecule has 1 aliphatic rings. The van der Waals surface area contributed by atoms with Crippen molar-refractivity contribution in [2.45, 2.75) is 0 Å². The van der Waals surface area contributed by atoms with Crippen molar-refractivity contribution in [3.63, 3.8) is 0 Å². The number of carbonyl (C=O) groups is 1. The Hall–Kier alpha value is -4.73. The standard InChI is InChI=1S/C24H16F3N3O4/c25-16-7-12(31)1-4-19(16)28-22-10-15(34)11-23(29-20-5-2-13(32)8-17(20)26)24(22)30-21-6-3-14(33)9-18(21)27/h1-11,28-29,31-33H. The highest BCUT2D eigenvalue weighted by molar-refractivity contribution is 6.25. The maximum Gasteiger partial charge on any atom is 0.182 e. The number of hydrogen-bond donors (Lipinski definition) is 5. The molecule has 0 aliphatic heterocycles. The molecule has 0 fully saturated rings. The van der Waals surface area contributed by atoms with Crippen LogP contribution in [0.2, 0.25) is 0 Å². The van der Waals surface area contributed by atoms with Gasteiger partial charge in [0.05, 0.1) is 28.5 Å². The molecule has 4 rings (SSSR count). The van der Waals surface area contributed by atoms with Gasteiger partial charge in [0.15, 0.2) is 11.6 Å². The molecule has 7 nitrogen and oxygen atoms in total. The largest absolute Gasteiger partial charge is 0.508 e. The topological polar surface area (TPSA) is 114 Å². The average molecular weight is 467 g/mol. The van der Waals surface area contributed by atoms with Crippen molar-refractivity contribution >= 4 is 28.6 Å². The van der Waals surface area contributed by atoms with Crippen LogP contribution in [-0.2, 0) is 4.79 Å². The molecule has 10 heteroatoms. The number of aromatic hydroxyl groups is 3. The highest BCUT2D eigenvalue weighted by atomic mass is 19.1. The molecule has 3 aromatic rings. The SMILES string of the molecule is O=C1C=C(Nc2ccc(O)cc2F)C(=Nc2ccc(O)cc2F)C(Nc2ccc(O)cc2F)=C1. The monoisotopic (exact) mass is 467 g/mol. The van der Waals surface area contributed by atoms with Gasteiger partial charge in [-0.3, -0.25) is 4.79 Å². The maximum atomic E-state index is 14.4. The van der Waals surface area contributed by atoms with Crippen LogP contribution in [-0.4, -0.2) is 26.8 Å². The number of hydrogen-bond acceptors (Lipinski definition) is 7. The first-order chi connectivity index (χ1) is 16.2. The number of nitrogens with zero attached hydrogens (tertiary/aromatic N) is 1. The highest BCUT2D eigenvalue weighted by Gasteiger charge is 2.23. The van der Waals surface area contributed by atoms with Gasteiger partial charge in [-0.15, -0.1) is 0 Å². The Morgan fingerprint density at radius 2 is 1.09 bits per heavy atom. The molecule has 1 aliphatic carbocycles. The van der Waals surface area contributed by atoms with Crippen LogP contribution < -0.4 is 10.6 Å². The normalized spacial score (nSPS) is 13.3. The quantitative estimate of drug-likeness (QED) is 0.270. The first-order valence-electron chi connectivity index (χ1n) is 9.76. The molecule has 0 saturated carbocycles. The summed E-state index contributed by atoms with van der Waals surface area (Å²) >= 11 is 0. The van der Waals surface area contributed by atoms with Crippen molar-refractivity contribution in [1.82, 2.24) is 0 Å². The number of allylic oxidation sites excluding steroid dienone is 2. The Morgan fingerprint density at radius 1 is 0.647 bits per heavy atom. The van der Waals surface area contributed by atoms with Gasteiger partial charge < -0.3 is 26.0 Å². The first-order valence-corrected chi connectivity index (χ1v) is 9.76. The summed E-state index contributed by atoms with van der Waals surface area (Å²) in [6.45, 7) is 0. The van der Waals surface area contributed by atoms with Crippen LogP contribution in [0, 0.1) is 17.5 Å². The Kier molecular flexibility index (Phi) is 5.96. The summed E-state index contributed by atoms with van der Waals surface area (Å²) in [4.78, 5) is 16.6. The molecule has 3 aromatic carbocycles. The maximum absolute atomic E-state index is 14.4. The second-order valence-electron chi connectivity index (χ2n) is 7.19. The molecule has 0 bridgehead atoms. The average Bonchev–Trinajstić information content (AvgIpc) is 2.75. The van der Waals surface area contributed by atoms with Crippen LogP contribution in [0.3, 0.4) is 0 Å². The number of rotatable bonds is 5. The van der Waals surface area contributed by atoms with Crippen LogP contribution in [0.5, 0.6) is 17.2 Å². The second-order valence-corrected chi connectivity index (χ2v) is 7.19. The van der Waals surface area contributed by atoms with Gasteiger partial charge in [0.1, 0.15) is 34.6 Å². The van der Waals surface area contributed by atoms with Crippen molar-refractivity contribution in [1.29, 1.82) is 0 Å². The summed E-state index contributed by atoms with van der Waals surface area (Å²) in [7, 11) is 0. The Balaban J connectivity index is 1.80. The van der Waals surface area contributed by atoms with Crippen molar-refractivity contribution in [2.75, 3.05) is 10.6 Å².